The topological polar surface area (TPSA) is 35.5 Å². The molecule has 2 rings (SSSR count). The predicted molar refractivity (Wildman–Crippen MR) is 79.3 cm³/mol. The molecule has 1 heterocycles. The zero-order chi connectivity index (χ0) is 13.7. The molecule has 2 atom stereocenters. The second-order valence-electron chi connectivity index (χ2n) is 5.81. The van der Waals surface area contributed by atoms with Gasteiger partial charge in [0.05, 0.1) is 6.61 Å². The molecule has 1 aliphatic rings. The Morgan fingerprint density at radius 3 is 2.63 bits per heavy atom. The molecule has 0 radical (unpaired) electrons. The molecule has 19 heavy (non-hydrogen) atoms. The summed E-state index contributed by atoms with van der Waals surface area (Å²) >= 11 is 0. The Hall–Kier alpha value is -0.900. The molecule has 1 saturated heterocycles. The lowest BCUT2D eigenvalue weighted by molar-refractivity contribution is 0.223. The minimum atomic E-state index is 0.166. The average molecular weight is 262 g/mol. The fourth-order valence-corrected chi connectivity index (χ4v) is 2.80. The zero-order valence-corrected chi connectivity index (χ0v) is 12.0. The van der Waals surface area contributed by atoms with Crippen molar-refractivity contribution in [1.29, 1.82) is 0 Å². The molecule has 106 valence electrons. The Labute approximate surface area is 116 Å². The first kappa shape index (κ1) is 14.5. The summed E-state index contributed by atoms with van der Waals surface area (Å²) in [5.41, 5.74) is 1.28. The SMILES string of the molecule is CC(C)N1CCC(N[C@@H](CO)Cc2ccccc2)C1. The summed E-state index contributed by atoms with van der Waals surface area (Å²) in [5, 5.41) is 13.2. The van der Waals surface area contributed by atoms with E-state index in [0.29, 0.717) is 12.1 Å². The van der Waals surface area contributed by atoms with Gasteiger partial charge in [-0.3, -0.25) is 4.90 Å². The monoisotopic (exact) mass is 262 g/mol. The van der Waals surface area contributed by atoms with Crippen LogP contribution in [0.3, 0.4) is 0 Å². The first-order valence-corrected chi connectivity index (χ1v) is 7.34. The number of hydrogen-bond acceptors (Lipinski definition) is 3. The predicted octanol–water partition coefficient (Wildman–Crippen LogP) is 1.66. The smallest absolute Gasteiger partial charge is 0.0587 e. The van der Waals surface area contributed by atoms with Crippen molar-refractivity contribution in [3.63, 3.8) is 0 Å². The zero-order valence-electron chi connectivity index (χ0n) is 12.0. The van der Waals surface area contributed by atoms with Gasteiger partial charge >= 0.3 is 0 Å². The summed E-state index contributed by atoms with van der Waals surface area (Å²) in [4.78, 5) is 2.49. The van der Waals surface area contributed by atoms with E-state index in [4.69, 9.17) is 0 Å². The molecular weight excluding hydrogens is 236 g/mol. The van der Waals surface area contributed by atoms with Crippen LogP contribution in [-0.4, -0.2) is 47.8 Å². The molecule has 0 spiro atoms. The number of nitrogens with zero attached hydrogens (tertiary/aromatic N) is 1. The summed E-state index contributed by atoms with van der Waals surface area (Å²) in [7, 11) is 0. The fourth-order valence-electron chi connectivity index (χ4n) is 2.80. The third-order valence-corrected chi connectivity index (χ3v) is 3.97. The average Bonchev–Trinajstić information content (AvgIpc) is 2.88. The summed E-state index contributed by atoms with van der Waals surface area (Å²) in [6.07, 6.45) is 2.08. The molecule has 0 amide bonds. The third-order valence-electron chi connectivity index (χ3n) is 3.97. The Bertz CT molecular complexity index is 366. The van der Waals surface area contributed by atoms with E-state index >= 15 is 0 Å². The molecule has 1 unspecified atom stereocenters. The Balaban J connectivity index is 1.83. The van der Waals surface area contributed by atoms with Gasteiger partial charge in [-0.2, -0.15) is 0 Å². The van der Waals surface area contributed by atoms with E-state index in [9.17, 15) is 5.11 Å². The Morgan fingerprint density at radius 1 is 1.32 bits per heavy atom. The van der Waals surface area contributed by atoms with Crippen LogP contribution in [-0.2, 0) is 6.42 Å². The van der Waals surface area contributed by atoms with E-state index in [1.165, 1.54) is 18.5 Å². The van der Waals surface area contributed by atoms with Crippen molar-refractivity contribution in [2.24, 2.45) is 0 Å². The molecule has 0 bridgehead atoms. The van der Waals surface area contributed by atoms with Crippen molar-refractivity contribution in [3.8, 4) is 0 Å². The van der Waals surface area contributed by atoms with Crippen molar-refractivity contribution in [2.75, 3.05) is 19.7 Å². The molecule has 0 aromatic heterocycles. The highest BCUT2D eigenvalue weighted by Gasteiger charge is 2.25. The fraction of sp³-hybridized carbons (Fsp3) is 0.625. The highest BCUT2D eigenvalue weighted by molar-refractivity contribution is 5.16. The van der Waals surface area contributed by atoms with Gasteiger partial charge in [0, 0.05) is 24.7 Å². The first-order valence-electron chi connectivity index (χ1n) is 7.34. The van der Waals surface area contributed by atoms with Gasteiger partial charge in [0.1, 0.15) is 0 Å². The second kappa shape index (κ2) is 7.04. The normalized spacial score (nSPS) is 22.0. The quantitative estimate of drug-likeness (QED) is 0.818. The lowest BCUT2D eigenvalue weighted by Crippen LogP contribution is -2.43. The van der Waals surface area contributed by atoms with Crippen LogP contribution < -0.4 is 5.32 Å². The molecule has 1 fully saturated rings. The summed E-state index contributed by atoms with van der Waals surface area (Å²) in [6.45, 7) is 6.96. The number of aliphatic hydroxyl groups is 1. The standard InChI is InChI=1S/C16H26N2O/c1-13(2)18-9-8-15(11-18)17-16(12-19)10-14-6-4-3-5-7-14/h3-7,13,15-17,19H,8-12H2,1-2H3/t15?,16-/m1/s1. The number of nitrogens with one attached hydrogen (secondary N) is 1. The highest BCUT2D eigenvalue weighted by atomic mass is 16.3. The summed E-state index contributed by atoms with van der Waals surface area (Å²) < 4.78 is 0. The van der Waals surface area contributed by atoms with Crippen molar-refractivity contribution in [2.45, 2.75) is 44.8 Å². The lowest BCUT2D eigenvalue weighted by Gasteiger charge is -2.23. The molecule has 2 N–H and O–H groups in total. The van der Waals surface area contributed by atoms with Gasteiger partial charge in [0.25, 0.3) is 0 Å². The van der Waals surface area contributed by atoms with Crippen LogP contribution >= 0.6 is 0 Å². The molecule has 1 aliphatic heterocycles. The van der Waals surface area contributed by atoms with Crippen LogP contribution in [0.1, 0.15) is 25.8 Å². The maximum atomic E-state index is 9.55. The van der Waals surface area contributed by atoms with Crippen LogP contribution in [0.4, 0.5) is 0 Å². The van der Waals surface area contributed by atoms with E-state index < -0.39 is 0 Å². The number of hydrogen-bond donors (Lipinski definition) is 2. The van der Waals surface area contributed by atoms with Crippen LogP contribution in [0.15, 0.2) is 30.3 Å². The highest BCUT2D eigenvalue weighted by Crippen LogP contribution is 2.13. The van der Waals surface area contributed by atoms with Gasteiger partial charge in [-0.05, 0) is 38.8 Å². The van der Waals surface area contributed by atoms with Gasteiger partial charge in [0.15, 0.2) is 0 Å². The number of aliphatic hydroxyl groups excluding tert-OH is 1. The van der Waals surface area contributed by atoms with Crippen LogP contribution in [0.2, 0.25) is 0 Å². The van der Waals surface area contributed by atoms with Crippen LogP contribution in [0, 0.1) is 0 Å². The van der Waals surface area contributed by atoms with E-state index in [-0.39, 0.29) is 12.6 Å². The van der Waals surface area contributed by atoms with E-state index in [2.05, 4.69) is 48.3 Å². The molecule has 3 heteroatoms. The lowest BCUT2D eigenvalue weighted by atomic mass is 10.1. The number of rotatable bonds is 6. The third kappa shape index (κ3) is 4.30. The molecule has 0 aliphatic carbocycles. The molecule has 3 nitrogen and oxygen atoms in total. The van der Waals surface area contributed by atoms with Gasteiger partial charge in [-0.25, -0.2) is 0 Å². The van der Waals surface area contributed by atoms with E-state index in [1.807, 2.05) is 6.07 Å². The van der Waals surface area contributed by atoms with Crippen molar-refractivity contribution in [3.05, 3.63) is 35.9 Å². The maximum absolute atomic E-state index is 9.55. The second-order valence-corrected chi connectivity index (χ2v) is 5.81. The Kier molecular flexibility index (Phi) is 5.37. The van der Waals surface area contributed by atoms with Crippen molar-refractivity contribution in [1.82, 2.24) is 10.2 Å². The van der Waals surface area contributed by atoms with Crippen LogP contribution in [0.5, 0.6) is 0 Å². The molecule has 0 saturated carbocycles. The molecule has 1 aromatic rings. The molecule has 1 aromatic carbocycles. The minimum Gasteiger partial charge on any atom is -0.395 e. The van der Waals surface area contributed by atoms with E-state index in [0.717, 1.165) is 13.0 Å². The first-order chi connectivity index (χ1) is 9.19. The number of likely N-dealkylation sites (tertiary alicyclic amines) is 1. The van der Waals surface area contributed by atoms with Gasteiger partial charge in [-0.15, -0.1) is 0 Å². The largest absolute Gasteiger partial charge is 0.395 e. The van der Waals surface area contributed by atoms with Gasteiger partial charge in [0.2, 0.25) is 0 Å². The maximum Gasteiger partial charge on any atom is 0.0587 e. The minimum absolute atomic E-state index is 0.166. The van der Waals surface area contributed by atoms with Gasteiger partial charge < -0.3 is 10.4 Å². The Morgan fingerprint density at radius 2 is 2.05 bits per heavy atom. The molecular formula is C16H26N2O. The van der Waals surface area contributed by atoms with Crippen LogP contribution in [0.25, 0.3) is 0 Å². The van der Waals surface area contributed by atoms with Crippen molar-refractivity contribution >= 4 is 0 Å². The number of benzene rings is 1. The van der Waals surface area contributed by atoms with Gasteiger partial charge in [-0.1, -0.05) is 30.3 Å². The van der Waals surface area contributed by atoms with E-state index in [1.54, 1.807) is 0 Å². The summed E-state index contributed by atoms with van der Waals surface area (Å²) in [6, 6.07) is 11.7. The summed E-state index contributed by atoms with van der Waals surface area (Å²) in [5.74, 6) is 0. The van der Waals surface area contributed by atoms with Crippen molar-refractivity contribution < 1.29 is 5.11 Å².